The van der Waals surface area contributed by atoms with Gasteiger partial charge < -0.3 is 5.32 Å². The van der Waals surface area contributed by atoms with E-state index in [0.717, 1.165) is 13.0 Å². The number of alkyl halides is 1. The minimum Gasteiger partial charge on any atom is -0.386 e. The van der Waals surface area contributed by atoms with Crippen LogP contribution in [0.25, 0.3) is 0 Å². The second-order valence-corrected chi connectivity index (χ2v) is 4.92. The molecule has 0 rings (SSSR count). The van der Waals surface area contributed by atoms with Gasteiger partial charge in [-0.15, -0.1) is 0 Å². The highest BCUT2D eigenvalue weighted by Crippen LogP contribution is 2.20. The summed E-state index contributed by atoms with van der Waals surface area (Å²) in [7, 11) is 0. The molecule has 0 spiro atoms. The lowest BCUT2D eigenvalue weighted by Crippen LogP contribution is -2.20. The predicted octanol–water partition coefficient (Wildman–Crippen LogP) is 5.33. The molecule has 0 aliphatic heterocycles. The van der Waals surface area contributed by atoms with Crippen molar-refractivity contribution in [1.82, 2.24) is 5.32 Å². The van der Waals surface area contributed by atoms with E-state index in [4.69, 9.17) is 0 Å². The van der Waals surface area contributed by atoms with Gasteiger partial charge in [-0.25, -0.2) is 4.39 Å². The molecular weight excluding hydrogens is 249 g/mol. The van der Waals surface area contributed by atoms with Crippen LogP contribution in [-0.2, 0) is 0 Å². The largest absolute Gasteiger partial charge is 0.386 e. The highest BCUT2D eigenvalue weighted by atomic mass is 19.1. The molecule has 2 heteroatoms. The van der Waals surface area contributed by atoms with Gasteiger partial charge in [0.1, 0.15) is 6.17 Å². The molecule has 0 heterocycles. The molecule has 0 bridgehead atoms. The maximum absolute atomic E-state index is 13.6. The fourth-order valence-electron chi connectivity index (χ4n) is 2.08. The van der Waals surface area contributed by atoms with Crippen molar-refractivity contribution < 1.29 is 4.39 Å². The van der Waals surface area contributed by atoms with Crippen molar-refractivity contribution in [3.8, 4) is 0 Å². The van der Waals surface area contributed by atoms with Crippen LogP contribution in [0.3, 0.4) is 0 Å². The maximum atomic E-state index is 13.6. The SMILES string of the molecule is C\C=C/C(=C\C(=C\C)C(C)/C=C(\NCC)C(C)F)CC. The summed E-state index contributed by atoms with van der Waals surface area (Å²) in [5.74, 6) is 0.194. The van der Waals surface area contributed by atoms with Crippen LogP contribution in [0.5, 0.6) is 0 Å². The molecular formula is C18H30FN. The lowest BCUT2D eigenvalue weighted by atomic mass is 9.95. The zero-order valence-corrected chi connectivity index (χ0v) is 13.8. The summed E-state index contributed by atoms with van der Waals surface area (Å²) in [6.07, 6.45) is 10.5. The third-order valence-corrected chi connectivity index (χ3v) is 3.24. The molecule has 0 aliphatic carbocycles. The first-order valence-corrected chi connectivity index (χ1v) is 7.59. The Balaban J connectivity index is 5.21. The normalized spacial score (nSPS) is 17.4. The van der Waals surface area contributed by atoms with Gasteiger partial charge in [0, 0.05) is 18.2 Å². The number of allylic oxidation sites excluding steroid dienone is 8. The molecule has 0 aromatic heterocycles. The first kappa shape index (κ1) is 18.7. The predicted molar refractivity (Wildman–Crippen MR) is 88.4 cm³/mol. The van der Waals surface area contributed by atoms with E-state index in [1.807, 2.05) is 26.8 Å². The Morgan fingerprint density at radius 1 is 1.20 bits per heavy atom. The molecule has 114 valence electrons. The second-order valence-electron chi connectivity index (χ2n) is 4.92. The van der Waals surface area contributed by atoms with Crippen LogP contribution in [0.2, 0.25) is 0 Å². The molecule has 2 atom stereocenters. The quantitative estimate of drug-likeness (QED) is 0.592. The van der Waals surface area contributed by atoms with Crippen molar-refractivity contribution in [3.63, 3.8) is 0 Å². The Morgan fingerprint density at radius 3 is 2.25 bits per heavy atom. The van der Waals surface area contributed by atoms with Crippen LogP contribution >= 0.6 is 0 Å². The van der Waals surface area contributed by atoms with E-state index in [1.54, 1.807) is 6.92 Å². The zero-order valence-electron chi connectivity index (χ0n) is 13.8. The lowest BCUT2D eigenvalue weighted by Gasteiger charge is -2.15. The molecule has 1 N–H and O–H groups in total. The summed E-state index contributed by atoms with van der Waals surface area (Å²) in [5.41, 5.74) is 3.19. The summed E-state index contributed by atoms with van der Waals surface area (Å²) in [5, 5.41) is 3.11. The fourth-order valence-corrected chi connectivity index (χ4v) is 2.08. The molecule has 0 amide bonds. The van der Waals surface area contributed by atoms with E-state index in [9.17, 15) is 4.39 Å². The monoisotopic (exact) mass is 279 g/mol. The van der Waals surface area contributed by atoms with E-state index < -0.39 is 6.17 Å². The van der Waals surface area contributed by atoms with E-state index in [2.05, 4.69) is 43.5 Å². The van der Waals surface area contributed by atoms with Crippen molar-refractivity contribution in [3.05, 3.63) is 47.2 Å². The van der Waals surface area contributed by atoms with Crippen molar-refractivity contribution in [1.29, 1.82) is 0 Å². The van der Waals surface area contributed by atoms with Crippen LogP contribution in [0, 0.1) is 5.92 Å². The van der Waals surface area contributed by atoms with Crippen LogP contribution in [0.1, 0.15) is 48.0 Å². The molecule has 0 aromatic rings. The van der Waals surface area contributed by atoms with E-state index in [0.29, 0.717) is 5.70 Å². The average Bonchev–Trinajstić information content (AvgIpc) is 2.42. The van der Waals surface area contributed by atoms with Crippen LogP contribution in [0.4, 0.5) is 4.39 Å². The van der Waals surface area contributed by atoms with Crippen molar-refractivity contribution in [2.24, 2.45) is 5.92 Å². The van der Waals surface area contributed by atoms with Gasteiger partial charge >= 0.3 is 0 Å². The van der Waals surface area contributed by atoms with Crippen LogP contribution < -0.4 is 5.32 Å². The average molecular weight is 279 g/mol. The molecule has 0 saturated carbocycles. The molecule has 0 fully saturated rings. The Morgan fingerprint density at radius 2 is 1.85 bits per heavy atom. The van der Waals surface area contributed by atoms with Gasteiger partial charge in [-0.05, 0) is 45.3 Å². The van der Waals surface area contributed by atoms with Gasteiger partial charge in [-0.2, -0.15) is 0 Å². The van der Waals surface area contributed by atoms with Gasteiger partial charge in [0.2, 0.25) is 0 Å². The first-order valence-electron chi connectivity index (χ1n) is 7.59. The molecule has 0 radical (unpaired) electrons. The Labute approximate surface area is 124 Å². The molecule has 0 aromatic carbocycles. The molecule has 1 nitrogen and oxygen atoms in total. The molecule has 0 aliphatic rings. The number of hydrogen-bond acceptors (Lipinski definition) is 1. The van der Waals surface area contributed by atoms with Gasteiger partial charge in [-0.3, -0.25) is 0 Å². The number of rotatable bonds is 8. The summed E-state index contributed by atoms with van der Waals surface area (Å²) < 4.78 is 13.6. The molecule has 20 heavy (non-hydrogen) atoms. The van der Waals surface area contributed by atoms with Gasteiger partial charge in [-0.1, -0.05) is 44.2 Å². The Kier molecular flexibility index (Phi) is 9.79. The number of hydrogen-bond donors (Lipinski definition) is 1. The maximum Gasteiger partial charge on any atom is 0.136 e. The summed E-state index contributed by atoms with van der Waals surface area (Å²) in [6, 6.07) is 0. The smallest absolute Gasteiger partial charge is 0.136 e. The number of nitrogens with one attached hydrogen (secondary N) is 1. The van der Waals surface area contributed by atoms with Crippen LogP contribution in [-0.4, -0.2) is 12.7 Å². The van der Waals surface area contributed by atoms with Crippen LogP contribution in [0.15, 0.2) is 47.2 Å². The third-order valence-electron chi connectivity index (χ3n) is 3.24. The first-order chi connectivity index (χ1) is 9.49. The minimum absolute atomic E-state index is 0.194. The Bertz CT molecular complexity index is 386. The van der Waals surface area contributed by atoms with E-state index in [-0.39, 0.29) is 5.92 Å². The number of halogens is 1. The van der Waals surface area contributed by atoms with Crippen molar-refractivity contribution in [2.75, 3.05) is 6.54 Å². The fraction of sp³-hybridized carbons (Fsp3) is 0.556. The highest BCUT2D eigenvalue weighted by molar-refractivity contribution is 5.33. The molecule has 0 saturated heterocycles. The zero-order chi connectivity index (χ0) is 15.5. The molecule has 2 unspecified atom stereocenters. The Hall–Kier alpha value is -1.31. The second kappa shape index (κ2) is 10.5. The van der Waals surface area contributed by atoms with Gasteiger partial charge in [0.15, 0.2) is 0 Å². The third kappa shape index (κ3) is 6.74. The van der Waals surface area contributed by atoms with Crippen molar-refractivity contribution in [2.45, 2.75) is 54.1 Å². The lowest BCUT2D eigenvalue weighted by molar-refractivity contribution is 0.391. The topological polar surface area (TPSA) is 12.0 Å². The minimum atomic E-state index is -0.958. The summed E-state index contributed by atoms with van der Waals surface area (Å²) >= 11 is 0. The summed E-state index contributed by atoms with van der Waals surface area (Å²) in [6.45, 7) is 12.6. The van der Waals surface area contributed by atoms with E-state index in [1.165, 1.54) is 11.1 Å². The standard InChI is InChI=1S/C18H30FN/c1-7-11-16(8-2)13-17(9-3)14(5)12-18(15(6)19)20-10-4/h7,9,11-15,20H,8,10H2,1-6H3/b11-7-,16-13-,17-9-,18-12-. The highest BCUT2D eigenvalue weighted by Gasteiger charge is 2.10. The van der Waals surface area contributed by atoms with Gasteiger partial charge in [0.05, 0.1) is 0 Å². The summed E-state index contributed by atoms with van der Waals surface area (Å²) in [4.78, 5) is 0. The van der Waals surface area contributed by atoms with E-state index >= 15 is 0 Å². The van der Waals surface area contributed by atoms with Crippen molar-refractivity contribution >= 4 is 0 Å². The van der Waals surface area contributed by atoms with Gasteiger partial charge in [0.25, 0.3) is 0 Å².